The van der Waals surface area contributed by atoms with E-state index in [-0.39, 0.29) is 28.8 Å². The van der Waals surface area contributed by atoms with E-state index < -0.39 is 5.92 Å². The van der Waals surface area contributed by atoms with E-state index in [1.165, 1.54) is 0 Å². The number of carbonyl (C=O) groups excluding carboxylic acids is 2. The maximum atomic E-state index is 12.4. The van der Waals surface area contributed by atoms with E-state index in [0.717, 1.165) is 6.42 Å². The van der Waals surface area contributed by atoms with Gasteiger partial charge in [-0.3, -0.25) is 9.59 Å². The van der Waals surface area contributed by atoms with Crippen LogP contribution >= 0.6 is 12.2 Å². The molecule has 1 aliphatic rings. The summed E-state index contributed by atoms with van der Waals surface area (Å²) < 4.78 is 0. The van der Waals surface area contributed by atoms with Crippen LogP contribution in [0.15, 0.2) is 0 Å². The number of nitrogens with two attached hydrogens (primary N) is 1. The van der Waals surface area contributed by atoms with Gasteiger partial charge in [-0.25, -0.2) is 0 Å². The number of carbonyl (C=O) groups is 2. The molecular formula is C12H21N3O2S. The SMILES string of the molecule is CNC(=O)C1CCCN1C(=O)C(C(N)=S)C(C)C. The lowest BCUT2D eigenvalue weighted by molar-refractivity contribution is -0.140. The van der Waals surface area contributed by atoms with Gasteiger partial charge in [-0.15, -0.1) is 0 Å². The molecule has 18 heavy (non-hydrogen) atoms. The Hall–Kier alpha value is -1.17. The van der Waals surface area contributed by atoms with Gasteiger partial charge in [0.05, 0.1) is 10.9 Å². The van der Waals surface area contributed by atoms with Gasteiger partial charge in [-0.05, 0) is 18.8 Å². The Morgan fingerprint density at radius 3 is 2.50 bits per heavy atom. The van der Waals surface area contributed by atoms with E-state index in [0.29, 0.717) is 13.0 Å². The molecule has 2 amide bonds. The van der Waals surface area contributed by atoms with Crippen LogP contribution in [0.1, 0.15) is 26.7 Å². The fourth-order valence-corrected chi connectivity index (χ4v) is 2.76. The topological polar surface area (TPSA) is 75.4 Å². The van der Waals surface area contributed by atoms with Crippen molar-refractivity contribution in [2.45, 2.75) is 32.7 Å². The molecule has 1 rings (SSSR count). The molecule has 2 unspecified atom stereocenters. The molecule has 6 heteroatoms. The summed E-state index contributed by atoms with van der Waals surface area (Å²) in [5.74, 6) is -0.680. The molecule has 1 heterocycles. The predicted molar refractivity (Wildman–Crippen MR) is 73.9 cm³/mol. The third-order valence-electron chi connectivity index (χ3n) is 3.32. The molecule has 0 radical (unpaired) electrons. The minimum Gasteiger partial charge on any atom is -0.393 e. The molecule has 5 nitrogen and oxygen atoms in total. The third-order valence-corrected chi connectivity index (χ3v) is 3.58. The number of likely N-dealkylation sites (tertiary alicyclic amines) is 1. The molecule has 0 aromatic rings. The standard InChI is InChI=1S/C12H21N3O2S/c1-7(2)9(10(13)18)12(17)15-6-4-5-8(15)11(16)14-3/h7-9H,4-6H2,1-3H3,(H2,13,18)(H,14,16). The van der Waals surface area contributed by atoms with Crippen molar-refractivity contribution in [2.75, 3.05) is 13.6 Å². The normalized spacial score (nSPS) is 20.9. The molecule has 0 aromatic carbocycles. The molecule has 102 valence electrons. The highest BCUT2D eigenvalue weighted by atomic mass is 32.1. The van der Waals surface area contributed by atoms with Gasteiger partial charge in [0, 0.05) is 13.6 Å². The first-order chi connectivity index (χ1) is 8.40. The smallest absolute Gasteiger partial charge is 0.242 e. The third kappa shape index (κ3) is 2.98. The van der Waals surface area contributed by atoms with Gasteiger partial charge in [0.25, 0.3) is 0 Å². The van der Waals surface area contributed by atoms with E-state index in [1.807, 2.05) is 13.8 Å². The zero-order valence-corrected chi connectivity index (χ0v) is 11.9. The van der Waals surface area contributed by atoms with Crippen molar-refractivity contribution < 1.29 is 9.59 Å². The number of nitrogens with zero attached hydrogens (tertiary/aromatic N) is 1. The fraction of sp³-hybridized carbons (Fsp3) is 0.750. The number of likely N-dealkylation sites (N-methyl/N-ethyl adjacent to an activating group) is 1. The first-order valence-corrected chi connectivity index (χ1v) is 6.62. The van der Waals surface area contributed by atoms with Crippen LogP contribution in [0.3, 0.4) is 0 Å². The second-order valence-electron chi connectivity index (χ2n) is 4.93. The summed E-state index contributed by atoms with van der Waals surface area (Å²) in [6.07, 6.45) is 1.54. The number of hydrogen-bond donors (Lipinski definition) is 2. The van der Waals surface area contributed by atoms with Gasteiger partial charge in [0.15, 0.2) is 0 Å². The van der Waals surface area contributed by atoms with Crippen LogP contribution in [0.4, 0.5) is 0 Å². The minimum absolute atomic E-state index is 0.0425. The quantitative estimate of drug-likeness (QED) is 0.720. The van der Waals surface area contributed by atoms with Crippen molar-refractivity contribution in [3.8, 4) is 0 Å². The Bertz CT molecular complexity index is 357. The van der Waals surface area contributed by atoms with Crippen molar-refractivity contribution in [2.24, 2.45) is 17.6 Å². The lowest BCUT2D eigenvalue weighted by Gasteiger charge is -2.29. The van der Waals surface area contributed by atoms with Crippen LogP contribution in [0.25, 0.3) is 0 Å². The fourth-order valence-electron chi connectivity index (χ4n) is 2.38. The van der Waals surface area contributed by atoms with Crippen LogP contribution in [-0.2, 0) is 9.59 Å². The monoisotopic (exact) mass is 271 g/mol. The Balaban J connectivity index is 2.87. The van der Waals surface area contributed by atoms with E-state index in [1.54, 1.807) is 11.9 Å². The summed E-state index contributed by atoms with van der Waals surface area (Å²) in [5, 5.41) is 2.59. The first-order valence-electron chi connectivity index (χ1n) is 6.21. The van der Waals surface area contributed by atoms with Crippen molar-refractivity contribution in [3.05, 3.63) is 0 Å². The van der Waals surface area contributed by atoms with Gasteiger partial charge >= 0.3 is 0 Å². The lowest BCUT2D eigenvalue weighted by Crippen LogP contribution is -2.50. The lowest BCUT2D eigenvalue weighted by atomic mass is 9.94. The van der Waals surface area contributed by atoms with Gasteiger partial charge in [-0.2, -0.15) is 0 Å². The van der Waals surface area contributed by atoms with Crippen LogP contribution in [0, 0.1) is 11.8 Å². The second-order valence-corrected chi connectivity index (χ2v) is 5.40. The minimum atomic E-state index is -0.481. The highest BCUT2D eigenvalue weighted by molar-refractivity contribution is 7.80. The molecule has 1 fully saturated rings. The molecule has 0 saturated carbocycles. The van der Waals surface area contributed by atoms with Crippen LogP contribution in [0.5, 0.6) is 0 Å². The second kappa shape index (κ2) is 6.13. The summed E-state index contributed by atoms with van der Waals surface area (Å²) in [5.41, 5.74) is 5.64. The molecule has 1 saturated heterocycles. The molecule has 0 aromatic heterocycles. The number of thiocarbonyl (C=S) groups is 1. The van der Waals surface area contributed by atoms with E-state index in [2.05, 4.69) is 5.32 Å². The van der Waals surface area contributed by atoms with Gasteiger partial charge in [0.2, 0.25) is 11.8 Å². The maximum absolute atomic E-state index is 12.4. The first kappa shape index (κ1) is 14.9. The summed E-state index contributed by atoms with van der Waals surface area (Å²) >= 11 is 4.97. The molecule has 0 aliphatic carbocycles. The van der Waals surface area contributed by atoms with Crippen molar-refractivity contribution in [1.82, 2.24) is 10.2 Å². The van der Waals surface area contributed by atoms with Crippen molar-refractivity contribution in [3.63, 3.8) is 0 Å². The average Bonchev–Trinajstić information content (AvgIpc) is 2.75. The number of amides is 2. The Kier molecular flexibility index (Phi) is 5.07. The highest BCUT2D eigenvalue weighted by Gasteiger charge is 2.38. The Morgan fingerprint density at radius 2 is 2.06 bits per heavy atom. The largest absolute Gasteiger partial charge is 0.393 e. The molecule has 0 spiro atoms. The summed E-state index contributed by atoms with van der Waals surface area (Å²) in [7, 11) is 1.58. The Labute approximate surface area is 113 Å². The molecule has 1 aliphatic heterocycles. The van der Waals surface area contributed by atoms with Gasteiger partial charge < -0.3 is 16.0 Å². The van der Waals surface area contributed by atoms with Crippen LogP contribution < -0.4 is 11.1 Å². The number of nitrogens with one attached hydrogen (secondary N) is 1. The Morgan fingerprint density at radius 1 is 1.44 bits per heavy atom. The summed E-state index contributed by atoms with van der Waals surface area (Å²) in [6, 6.07) is -0.377. The van der Waals surface area contributed by atoms with E-state index in [9.17, 15) is 9.59 Å². The van der Waals surface area contributed by atoms with Gasteiger partial charge in [-0.1, -0.05) is 26.1 Å². The molecule has 0 bridgehead atoms. The van der Waals surface area contributed by atoms with Crippen LogP contribution in [-0.4, -0.2) is 41.3 Å². The van der Waals surface area contributed by atoms with Crippen LogP contribution in [0.2, 0.25) is 0 Å². The summed E-state index contributed by atoms with van der Waals surface area (Å²) in [4.78, 5) is 26.0. The van der Waals surface area contributed by atoms with Gasteiger partial charge in [0.1, 0.15) is 6.04 Å². The zero-order valence-electron chi connectivity index (χ0n) is 11.1. The zero-order chi connectivity index (χ0) is 13.9. The predicted octanol–water partition coefficient (Wildman–Crippen LogP) is 0.282. The average molecular weight is 271 g/mol. The number of rotatable bonds is 4. The molecular weight excluding hydrogens is 250 g/mol. The summed E-state index contributed by atoms with van der Waals surface area (Å²) in [6.45, 7) is 4.42. The maximum Gasteiger partial charge on any atom is 0.242 e. The molecule has 3 N–H and O–H groups in total. The highest BCUT2D eigenvalue weighted by Crippen LogP contribution is 2.23. The molecule has 2 atom stereocenters. The van der Waals surface area contributed by atoms with E-state index in [4.69, 9.17) is 18.0 Å². The van der Waals surface area contributed by atoms with E-state index >= 15 is 0 Å². The van der Waals surface area contributed by atoms with Crippen molar-refractivity contribution >= 4 is 29.0 Å². The number of hydrogen-bond acceptors (Lipinski definition) is 3. The van der Waals surface area contributed by atoms with Crippen molar-refractivity contribution in [1.29, 1.82) is 0 Å².